The number of amidine groups is 1. The Morgan fingerprint density at radius 2 is 2.04 bits per heavy atom. The quantitative estimate of drug-likeness (QED) is 0.772. The van der Waals surface area contributed by atoms with Crippen LogP contribution in [0.2, 0.25) is 0 Å². The number of aryl methyl sites for hydroxylation is 2. The van der Waals surface area contributed by atoms with Crippen molar-refractivity contribution in [2.24, 2.45) is 21.6 Å². The number of hydrogen-bond acceptors (Lipinski definition) is 6. The molecule has 3 rings (SSSR count). The van der Waals surface area contributed by atoms with Gasteiger partial charge in [-0.1, -0.05) is 29.9 Å². The van der Waals surface area contributed by atoms with Gasteiger partial charge in [-0.15, -0.1) is 0 Å². The summed E-state index contributed by atoms with van der Waals surface area (Å²) in [4.78, 5) is 23.1. The van der Waals surface area contributed by atoms with Crippen molar-refractivity contribution in [1.82, 2.24) is 4.90 Å². The number of amides is 1. The fourth-order valence-electron chi connectivity index (χ4n) is 2.80. The standard InChI is InChI=1S/C17H21N5O2S/c1-10-3-4-12(11(2)9-10)19-16(25)13-14(18)20-17(21-15(13)23)22-5-7-24-8-6-22/h3-4,9,13H,5-8H2,1-2H3,(H,19,25)(H2,18,20,21,23). The molecular formula is C17H21N5O2S. The van der Waals surface area contributed by atoms with Crippen LogP contribution in [0, 0.1) is 19.8 Å². The molecule has 0 aromatic heterocycles. The number of ether oxygens (including phenoxy) is 1. The molecule has 1 amide bonds. The van der Waals surface area contributed by atoms with E-state index in [1.54, 1.807) is 0 Å². The van der Waals surface area contributed by atoms with Gasteiger partial charge in [0.05, 0.1) is 13.2 Å². The van der Waals surface area contributed by atoms with E-state index in [1.807, 2.05) is 36.9 Å². The second-order valence-electron chi connectivity index (χ2n) is 6.13. The molecule has 25 heavy (non-hydrogen) atoms. The molecule has 2 aliphatic rings. The van der Waals surface area contributed by atoms with Crippen LogP contribution < -0.4 is 11.1 Å². The van der Waals surface area contributed by atoms with E-state index in [2.05, 4.69) is 15.3 Å². The Balaban J connectivity index is 1.74. The SMILES string of the molecule is Cc1ccc(NC(=S)C2C(=O)N=C(N3CCOCC3)N=C2N)c(C)c1. The second kappa shape index (κ2) is 7.28. The van der Waals surface area contributed by atoms with Crippen molar-refractivity contribution in [3.05, 3.63) is 29.3 Å². The maximum absolute atomic E-state index is 12.5. The highest BCUT2D eigenvalue weighted by atomic mass is 32.1. The normalized spacial score (nSPS) is 20.8. The van der Waals surface area contributed by atoms with E-state index in [1.165, 1.54) is 0 Å². The van der Waals surface area contributed by atoms with Crippen LogP contribution >= 0.6 is 12.2 Å². The molecule has 2 heterocycles. The summed E-state index contributed by atoms with van der Waals surface area (Å²) in [6.07, 6.45) is 0. The highest BCUT2D eigenvalue weighted by Crippen LogP contribution is 2.19. The van der Waals surface area contributed by atoms with Gasteiger partial charge < -0.3 is 20.7 Å². The third-order valence-electron chi connectivity index (χ3n) is 4.18. The average Bonchev–Trinajstić information content (AvgIpc) is 2.57. The van der Waals surface area contributed by atoms with Crippen molar-refractivity contribution >= 4 is 40.6 Å². The molecule has 1 atom stereocenters. The minimum absolute atomic E-state index is 0.170. The van der Waals surface area contributed by atoms with Crippen LogP contribution in [0.1, 0.15) is 11.1 Å². The summed E-state index contributed by atoms with van der Waals surface area (Å²) in [7, 11) is 0. The second-order valence-corrected chi connectivity index (χ2v) is 6.57. The number of rotatable bonds is 2. The lowest BCUT2D eigenvalue weighted by molar-refractivity contribution is -0.118. The number of nitrogens with two attached hydrogens (primary N) is 1. The Bertz CT molecular complexity index is 768. The number of nitrogens with zero attached hydrogens (tertiary/aromatic N) is 3. The molecule has 132 valence electrons. The number of benzene rings is 1. The molecule has 1 aromatic rings. The first-order valence-electron chi connectivity index (χ1n) is 8.13. The summed E-state index contributed by atoms with van der Waals surface area (Å²) < 4.78 is 5.30. The average molecular weight is 359 g/mol. The van der Waals surface area contributed by atoms with Crippen molar-refractivity contribution in [3.63, 3.8) is 0 Å². The van der Waals surface area contributed by atoms with Crippen molar-refractivity contribution in [2.45, 2.75) is 13.8 Å². The van der Waals surface area contributed by atoms with E-state index in [0.29, 0.717) is 37.3 Å². The van der Waals surface area contributed by atoms with E-state index in [4.69, 9.17) is 22.7 Å². The van der Waals surface area contributed by atoms with Crippen LogP contribution in [-0.2, 0) is 9.53 Å². The van der Waals surface area contributed by atoms with Gasteiger partial charge in [-0.05, 0) is 25.5 Å². The lowest BCUT2D eigenvalue weighted by atomic mass is 10.1. The van der Waals surface area contributed by atoms with E-state index in [9.17, 15) is 4.79 Å². The van der Waals surface area contributed by atoms with E-state index < -0.39 is 11.8 Å². The molecule has 1 fully saturated rings. The number of hydrogen-bond donors (Lipinski definition) is 2. The summed E-state index contributed by atoms with van der Waals surface area (Å²) in [5.74, 6) is -0.711. The van der Waals surface area contributed by atoms with Crippen LogP contribution in [0.5, 0.6) is 0 Å². The summed E-state index contributed by atoms with van der Waals surface area (Å²) in [5.41, 5.74) is 9.09. The van der Waals surface area contributed by atoms with E-state index >= 15 is 0 Å². The molecule has 1 aromatic carbocycles. The van der Waals surface area contributed by atoms with Gasteiger partial charge in [0.1, 0.15) is 16.7 Å². The number of carbonyl (C=O) groups excluding carboxylic acids is 1. The van der Waals surface area contributed by atoms with Gasteiger partial charge in [-0.25, -0.2) is 0 Å². The molecule has 0 radical (unpaired) electrons. The maximum atomic E-state index is 12.5. The lowest BCUT2D eigenvalue weighted by Crippen LogP contribution is -2.47. The number of morpholine rings is 1. The summed E-state index contributed by atoms with van der Waals surface area (Å²) in [6.45, 7) is 6.44. The molecule has 1 unspecified atom stereocenters. The van der Waals surface area contributed by atoms with Crippen molar-refractivity contribution in [2.75, 3.05) is 31.6 Å². The predicted octanol–water partition coefficient (Wildman–Crippen LogP) is 1.24. The minimum Gasteiger partial charge on any atom is -0.386 e. The highest BCUT2D eigenvalue weighted by Gasteiger charge is 2.33. The fraction of sp³-hybridized carbons (Fsp3) is 0.412. The molecule has 0 bridgehead atoms. The molecule has 3 N–H and O–H groups in total. The monoisotopic (exact) mass is 359 g/mol. The first kappa shape index (κ1) is 17.5. The highest BCUT2D eigenvalue weighted by molar-refractivity contribution is 7.80. The molecular weight excluding hydrogens is 338 g/mol. The van der Waals surface area contributed by atoms with Crippen LogP contribution in [-0.4, -0.2) is 53.9 Å². The molecule has 0 aliphatic carbocycles. The molecule has 8 heteroatoms. The topological polar surface area (TPSA) is 92.3 Å². The number of thiocarbonyl (C=S) groups is 1. The predicted molar refractivity (Wildman–Crippen MR) is 102 cm³/mol. The van der Waals surface area contributed by atoms with Crippen molar-refractivity contribution < 1.29 is 9.53 Å². The maximum Gasteiger partial charge on any atom is 0.266 e. The molecule has 0 spiro atoms. The Labute approximate surface area is 152 Å². The number of anilines is 1. The van der Waals surface area contributed by atoms with Gasteiger partial charge >= 0.3 is 0 Å². The van der Waals surface area contributed by atoms with Gasteiger partial charge in [0.2, 0.25) is 5.96 Å². The number of aliphatic imine (C=N–C) groups is 2. The largest absolute Gasteiger partial charge is 0.386 e. The van der Waals surface area contributed by atoms with Gasteiger partial charge in [-0.2, -0.15) is 9.98 Å². The zero-order valence-corrected chi connectivity index (χ0v) is 15.1. The fourth-order valence-corrected chi connectivity index (χ4v) is 3.14. The summed E-state index contributed by atoms with van der Waals surface area (Å²) in [5, 5.41) is 3.11. The molecule has 1 saturated heterocycles. The number of guanidine groups is 1. The minimum atomic E-state index is -0.833. The van der Waals surface area contributed by atoms with E-state index in [0.717, 1.165) is 16.8 Å². The Morgan fingerprint density at radius 3 is 2.68 bits per heavy atom. The van der Waals surface area contributed by atoms with Crippen LogP contribution in [0.4, 0.5) is 5.69 Å². The zero-order chi connectivity index (χ0) is 18.0. The van der Waals surface area contributed by atoms with Crippen molar-refractivity contribution in [1.29, 1.82) is 0 Å². The third kappa shape index (κ3) is 3.85. The number of nitrogens with one attached hydrogen (secondary N) is 1. The summed E-state index contributed by atoms with van der Waals surface area (Å²) >= 11 is 5.40. The van der Waals surface area contributed by atoms with Gasteiger partial charge in [0, 0.05) is 18.8 Å². The Kier molecular flexibility index (Phi) is 5.10. The first-order valence-corrected chi connectivity index (χ1v) is 8.54. The summed E-state index contributed by atoms with van der Waals surface area (Å²) in [6, 6.07) is 5.95. The first-order chi connectivity index (χ1) is 12.0. The van der Waals surface area contributed by atoms with Crippen LogP contribution in [0.25, 0.3) is 0 Å². The Morgan fingerprint density at radius 1 is 1.32 bits per heavy atom. The molecule has 7 nitrogen and oxygen atoms in total. The van der Waals surface area contributed by atoms with Crippen LogP contribution in [0.3, 0.4) is 0 Å². The van der Waals surface area contributed by atoms with Crippen molar-refractivity contribution in [3.8, 4) is 0 Å². The number of carbonyl (C=O) groups is 1. The lowest BCUT2D eigenvalue weighted by Gasteiger charge is -2.30. The molecule has 2 aliphatic heterocycles. The van der Waals surface area contributed by atoms with Gasteiger partial charge in [-0.3, -0.25) is 4.79 Å². The van der Waals surface area contributed by atoms with Crippen LogP contribution in [0.15, 0.2) is 28.2 Å². The Hall–Kier alpha value is -2.32. The van der Waals surface area contributed by atoms with Gasteiger partial charge in [0.25, 0.3) is 5.91 Å². The van der Waals surface area contributed by atoms with Gasteiger partial charge in [0.15, 0.2) is 0 Å². The third-order valence-corrected chi connectivity index (χ3v) is 4.52. The van der Waals surface area contributed by atoms with E-state index in [-0.39, 0.29) is 5.84 Å². The molecule has 0 saturated carbocycles. The zero-order valence-electron chi connectivity index (χ0n) is 14.3. The smallest absolute Gasteiger partial charge is 0.266 e.